The van der Waals surface area contributed by atoms with Gasteiger partial charge in [0.1, 0.15) is 0 Å². The molecule has 0 N–H and O–H groups in total. The van der Waals surface area contributed by atoms with E-state index in [9.17, 15) is 0 Å². The van der Waals surface area contributed by atoms with Crippen molar-refractivity contribution in [3.63, 3.8) is 0 Å². The van der Waals surface area contributed by atoms with Crippen molar-refractivity contribution in [3.05, 3.63) is 127 Å². The van der Waals surface area contributed by atoms with Crippen molar-refractivity contribution in [2.75, 3.05) is 9.80 Å². The van der Waals surface area contributed by atoms with Crippen LogP contribution in [0.25, 0.3) is 0 Å². The molecule has 0 unspecified atom stereocenters. The Balaban J connectivity index is 1.31. The third kappa shape index (κ3) is 3.42. The van der Waals surface area contributed by atoms with Gasteiger partial charge in [0.25, 0.3) is 6.71 Å². The van der Waals surface area contributed by atoms with Gasteiger partial charge in [-0.25, -0.2) is 0 Å². The largest absolute Gasteiger partial charge is 0.311 e. The van der Waals surface area contributed by atoms with Gasteiger partial charge in [-0.1, -0.05) is 72.8 Å². The van der Waals surface area contributed by atoms with Gasteiger partial charge in [-0.15, -0.1) is 0 Å². The van der Waals surface area contributed by atoms with Gasteiger partial charge in [-0.2, -0.15) is 0 Å². The summed E-state index contributed by atoms with van der Waals surface area (Å²) in [6.45, 7) is 0.197. The summed E-state index contributed by atoms with van der Waals surface area (Å²) in [5.41, 5.74) is 13.9. The Morgan fingerprint density at radius 2 is 0.907 bits per heavy atom. The molecule has 2 heterocycles. The maximum Gasteiger partial charge on any atom is 0.252 e. The zero-order valence-corrected chi connectivity index (χ0v) is 24.5. The van der Waals surface area contributed by atoms with Crippen LogP contribution in [-0.4, -0.2) is 6.71 Å². The number of benzene rings is 5. The fourth-order valence-electron chi connectivity index (χ4n) is 10.4. The molecule has 11 rings (SSSR count). The van der Waals surface area contributed by atoms with Gasteiger partial charge in [0.05, 0.1) is 0 Å². The molecule has 0 radical (unpaired) electrons. The molecule has 4 saturated carbocycles. The van der Waals surface area contributed by atoms with Crippen LogP contribution < -0.4 is 26.2 Å². The van der Waals surface area contributed by atoms with Gasteiger partial charge in [0.15, 0.2) is 0 Å². The number of anilines is 6. The molecule has 6 aliphatic rings. The average Bonchev–Trinajstić information content (AvgIpc) is 3.04. The monoisotopic (exact) mass is 554 g/mol. The van der Waals surface area contributed by atoms with E-state index in [1.807, 2.05) is 0 Å². The van der Waals surface area contributed by atoms with Crippen LogP contribution in [-0.2, 0) is 5.41 Å². The summed E-state index contributed by atoms with van der Waals surface area (Å²) in [5, 5.41) is 0. The number of hydrogen-bond acceptors (Lipinski definition) is 2. The molecule has 3 heteroatoms. The minimum absolute atomic E-state index is 0.197. The highest BCUT2D eigenvalue weighted by Crippen LogP contribution is 2.61. The number of rotatable bonds is 3. The molecule has 4 aliphatic carbocycles. The Kier molecular flexibility index (Phi) is 5.01. The van der Waals surface area contributed by atoms with Crippen molar-refractivity contribution in [3.8, 4) is 0 Å². The van der Waals surface area contributed by atoms with E-state index in [0.717, 1.165) is 17.8 Å². The summed E-state index contributed by atoms with van der Waals surface area (Å²) >= 11 is 0. The molecule has 0 amide bonds. The van der Waals surface area contributed by atoms with Gasteiger partial charge >= 0.3 is 0 Å². The topological polar surface area (TPSA) is 6.48 Å². The fourth-order valence-corrected chi connectivity index (χ4v) is 10.4. The highest BCUT2D eigenvalue weighted by atomic mass is 15.2. The van der Waals surface area contributed by atoms with Gasteiger partial charge in [0.2, 0.25) is 0 Å². The maximum atomic E-state index is 2.65. The first-order chi connectivity index (χ1) is 21.3. The van der Waals surface area contributed by atoms with Crippen LogP contribution in [0.4, 0.5) is 34.1 Å². The van der Waals surface area contributed by atoms with E-state index in [1.54, 1.807) is 5.56 Å². The van der Waals surface area contributed by atoms with Gasteiger partial charge in [0, 0.05) is 34.1 Å². The summed E-state index contributed by atoms with van der Waals surface area (Å²) in [4.78, 5) is 5.15. The van der Waals surface area contributed by atoms with Crippen LogP contribution >= 0.6 is 0 Å². The van der Waals surface area contributed by atoms with Crippen molar-refractivity contribution in [1.82, 2.24) is 0 Å². The molecule has 0 atom stereocenters. The van der Waals surface area contributed by atoms with E-state index in [2.05, 4.69) is 131 Å². The molecular weight excluding hydrogens is 519 g/mol. The molecule has 0 spiro atoms. The molecule has 208 valence electrons. The fraction of sp³-hybridized carbons (Fsp3) is 0.250. The molecule has 4 fully saturated rings. The van der Waals surface area contributed by atoms with Crippen LogP contribution in [0, 0.1) is 17.8 Å². The Morgan fingerprint density at radius 3 is 1.37 bits per heavy atom. The number of hydrogen-bond donors (Lipinski definition) is 0. The highest BCUT2D eigenvalue weighted by Gasteiger charge is 2.53. The number of para-hydroxylation sites is 4. The summed E-state index contributed by atoms with van der Waals surface area (Å²) in [5.74, 6) is 2.72. The van der Waals surface area contributed by atoms with Crippen LogP contribution in [0.1, 0.15) is 44.1 Å². The van der Waals surface area contributed by atoms with Crippen molar-refractivity contribution in [2.24, 2.45) is 17.8 Å². The highest BCUT2D eigenvalue weighted by molar-refractivity contribution is 7.00. The zero-order valence-electron chi connectivity index (χ0n) is 24.5. The molecule has 0 aromatic heterocycles. The van der Waals surface area contributed by atoms with Crippen molar-refractivity contribution in [2.45, 2.75) is 43.9 Å². The van der Waals surface area contributed by atoms with Gasteiger partial charge in [-0.3, -0.25) is 0 Å². The zero-order chi connectivity index (χ0) is 28.1. The molecule has 5 aromatic carbocycles. The lowest BCUT2D eigenvalue weighted by atomic mass is 9.33. The van der Waals surface area contributed by atoms with Crippen LogP contribution in [0.5, 0.6) is 0 Å². The number of fused-ring (bicyclic) bond motifs is 4. The lowest BCUT2D eigenvalue weighted by molar-refractivity contribution is -0.00514. The Labute approximate surface area is 255 Å². The summed E-state index contributed by atoms with van der Waals surface area (Å²) in [7, 11) is 0. The third-order valence-electron chi connectivity index (χ3n) is 11.6. The maximum absolute atomic E-state index is 2.65. The molecule has 4 bridgehead atoms. The van der Waals surface area contributed by atoms with Crippen molar-refractivity contribution >= 4 is 57.2 Å². The van der Waals surface area contributed by atoms with Gasteiger partial charge in [-0.05, 0) is 132 Å². The van der Waals surface area contributed by atoms with E-state index >= 15 is 0 Å². The van der Waals surface area contributed by atoms with Crippen LogP contribution in [0.3, 0.4) is 0 Å². The predicted octanol–water partition coefficient (Wildman–Crippen LogP) is 8.24. The first-order valence-electron chi connectivity index (χ1n) is 16.3. The first-order valence-corrected chi connectivity index (χ1v) is 16.3. The number of nitrogens with zero attached hydrogens (tertiary/aromatic N) is 2. The molecule has 2 nitrogen and oxygen atoms in total. The predicted molar refractivity (Wildman–Crippen MR) is 180 cm³/mol. The Hall–Kier alpha value is -4.24. The minimum atomic E-state index is 0.197. The van der Waals surface area contributed by atoms with Gasteiger partial charge < -0.3 is 9.80 Å². The SMILES string of the molecule is c1ccc(N2c3ccccc3B3c4ccccc4N(c4ccccc4)c4cc(C56CC7CC(CC(C7)C5)C6)cc2c43)cc1. The van der Waals surface area contributed by atoms with E-state index in [0.29, 0.717) is 5.41 Å². The molecular formula is C40H35BN2. The Bertz CT molecular complexity index is 1730. The van der Waals surface area contributed by atoms with E-state index < -0.39 is 0 Å². The normalized spacial score (nSPS) is 25.8. The molecule has 2 aliphatic heterocycles. The molecule has 0 saturated heterocycles. The first kappa shape index (κ1) is 24.2. The Morgan fingerprint density at radius 1 is 0.488 bits per heavy atom. The lowest BCUT2D eigenvalue weighted by Gasteiger charge is -2.57. The second-order valence-electron chi connectivity index (χ2n) is 14.0. The van der Waals surface area contributed by atoms with E-state index in [-0.39, 0.29) is 6.71 Å². The quantitative estimate of drug-likeness (QED) is 0.203. The summed E-state index contributed by atoms with van der Waals surface area (Å²) in [6.07, 6.45) is 8.49. The lowest BCUT2D eigenvalue weighted by Crippen LogP contribution is -2.61. The average molecular weight is 555 g/mol. The van der Waals surface area contributed by atoms with E-state index in [4.69, 9.17) is 0 Å². The summed E-state index contributed by atoms with van der Waals surface area (Å²) < 4.78 is 0. The summed E-state index contributed by atoms with van der Waals surface area (Å²) in [6, 6.07) is 45.8. The third-order valence-corrected chi connectivity index (χ3v) is 11.6. The van der Waals surface area contributed by atoms with Crippen LogP contribution in [0.15, 0.2) is 121 Å². The molecule has 43 heavy (non-hydrogen) atoms. The standard InChI is InChI=1S/C40H35BN2/c1-3-11-31(12-4-1)42-35-17-9-7-15-33(35)41-34-16-8-10-18-36(34)43(32-13-5-2-6-14-32)38-23-30(22-37(42)39(38)41)40-24-27-19-28(25-40)21-29(20-27)26-40/h1-18,22-23,27-29H,19-21,24-26H2. The second-order valence-corrected chi connectivity index (χ2v) is 14.0. The van der Waals surface area contributed by atoms with Crippen molar-refractivity contribution < 1.29 is 0 Å². The molecule has 5 aromatic rings. The van der Waals surface area contributed by atoms with Crippen molar-refractivity contribution in [1.29, 1.82) is 0 Å². The smallest absolute Gasteiger partial charge is 0.252 e. The van der Waals surface area contributed by atoms with E-state index in [1.165, 1.54) is 89.0 Å². The second kappa shape index (κ2) is 8.89. The van der Waals surface area contributed by atoms with Crippen LogP contribution in [0.2, 0.25) is 0 Å². The minimum Gasteiger partial charge on any atom is -0.311 e.